The summed E-state index contributed by atoms with van der Waals surface area (Å²) in [6, 6.07) is 4.91. The fourth-order valence-electron chi connectivity index (χ4n) is 1.25. The maximum absolute atomic E-state index is 13.5. The summed E-state index contributed by atoms with van der Waals surface area (Å²) in [6.07, 6.45) is 0.337. The first-order valence-corrected chi connectivity index (χ1v) is 5.78. The fraction of sp³-hybridized carbons (Fsp3) is 0.500. The molecule has 84 valence electrons. The van der Waals surface area contributed by atoms with Crippen LogP contribution in [0.25, 0.3) is 0 Å². The van der Waals surface area contributed by atoms with Crippen molar-refractivity contribution in [3.05, 3.63) is 34.1 Å². The summed E-state index contributed by atoms with van der Waals surface area (Å²) >= 11 is 3.20. The van der Waals surface area contributed by atoms with Crippen molar-refractivity contribution in [1.29, 1.82) is 0 Å². The van der Waals surface area contributed by atoms with E-state index in [0.29, 0.717) is 16.5 Å². The highest BCUT2D eigenvalue weighted by Crippen LogP contribution is 2.24. The molecule has 0 fully saturated rings. The van der Waals surface area contributed by atoms with Gasteiger partial charge >= 0.3 is 0 Å². The minimum absolute atomic E-state index is 0.0977. The second-order valence-electron chi connectivity index (χ2n) is 4.42. The van der Waals surface area contributed by atoms with Crippen LogP contribution in [0.4, 0.5) is 4.39 Å². The zero-order chi connectivity index (χ0) is 11.6. The summed E-state index contributed by atoms with van der Waals surface area (Å²) in [5.41, 5.74) is -0.314. The van der Waals surface area contributed by atoms with Crippen LogP contribution in [0.1, 0.15) is 26.3 Å². The lowest BCUT2D eigenvalue weighted by atomic mass is 9.86. The van der Waals surface area contributed by atoms with E-state index in [1.54, 1.807) is 19.1 Å². The maximum atomic E-state index is 13.5. The number of benzene rings is 1. The molecule has 1 aromatic rings. The summed E-state index contributed by atoms with van der Waals surface area (Å²) in [6.45, 7) is 5.59. The van der Waals surface area contributed by atoms with E-state index >= 15 is 0 Å². The van der Waals surface area contributed by atoms with Gasteiger partial charge in [-0.25, -0.2) is 4.39 Å². The first-order chi connectivity index (χ1) is 6.83. The van der Waals surface area contributed by atoms with Crippen molar-refractivity contribution in [2.24, 2.45) is 5.92 Å². The largest absolute Gasteiger partial charge is 0.390 e. The first kappa shape index (κ1) is 12.7. The van der Waals surface area contributed by atoms with Crippen LogP contribution in [0, 0.1) is 11.7 Å². The van der Waals surface area contributed by atoms with Crippen molar-refractivity contribution < 1.29 is 9.50 Å². The minimum Gasteiger partial charge on any atom is -0.390 e. The Morgan fingerprint density at radius 1 is 1.47 bits per heavy atom. The molecule has 0 radical (unpaired) electrons. The lowest BCUT2D eigenvalue weighted by Crippen LogP contribution is -2.33. The Bertz CT molecular complexity index is 347. The number of aliphatic hydroxyl groups is 1. The van der Waals surface area contributed by atoms with Gasteiger partial charge in [0.25, 0.3) is 0 Å². The predicted molar refractivity (Wildman–Crippen MR) is 63.3 cm³/mol. The molecule has 1 atom stereocenters. The Hall–Kier alpha value is -0.410. The van der Waals surface area contributed by atoms with Crippen LogP contribution < -0.4 is 0 Å². The van der Waals surface area contributed by atoms with Gasteiger partial charge in [0.1, 0.15) is 5.82 Å². The van der Waals surface area contributed by atoms with Gasteiger partial charge < -0.3 is 5.11 Å². The predicted octanol–water partition coefficient (Wildman–Crippen LogP) is 3.54. The first-order valence-electron chi connectivity index (χ1n) is 4.99. The van der Waals surface area contributed by atoms with Crippen LogP contribution in [0.5, 0.6) is 0 Å². The second kappa shape index (κ2) is 4.62. The molecule has 0 spiro atoms. The number of halogens is 2. The molecule has 0 aliphatic heterocycles. The van der Waals surface area contributed by atoms with E-state index in [1.165, 1.54) is 6.07 Å². The normalized spacial score (nSPS) is 15.4. The third-order valence-electron chi connectivity index (χ3n) is 2.81. The third kappa shape index (κ3) is 3.28. The number of hydrogen-bond acceptors (Lipinski definition) is 1. The molecule has 15 heavy (non-hydrogen) atoms. The molecule has 1 unspecified atom stereocenters. The van der Waals surface area contributed by atoms with E-state index in [4.69, 9.17) is 0 Å². The van der Waals surface area contributed by atoms with Crippen LogP contribution in [-0.4, -0.2) is 10.7 Å². The van der Waals surface area contributed by atoms with Gasteiger partial charge in [0.2, 0.25) is 0 Å². The standard InChI is InChI=1S/C12H16BrFO/c1-8(2)12(3,15)7-9-4-5-10(13)6-11(9)14/h4-6,8,15H,7H2,1-3H3. The van der Waals surface area contributed by atoms with Gasteiger partial charge in [-0.05, 0) is 30.5 Å². The molecule has 0 bridgehead atoms. The van der Waals surface area contributed by atoms with Crippen molar-refractivity contribution in [2.75, 3.05) is 0 Å². The van der Waals surface area contributed by atoms with Crippen LogP contribution in [-0.2, 0) is 6.42 Å². The van der Waals surface area contributed by atoms with E-state index in [9.17, 15) is 9.50 Å². The molecule has 0 aliphatic carbocycles. The van der Waals surface area contributed by atoms with Crippen LogP contribution >= 0.6 is 15.9 Å². The molecule has 3 heteroatoms. The quantitative estimate of drug-likeness (QED) is 0.894. The summed E-state index contributed by atoms with van der Waals surface area (Å²) in [5.74, 6) is -0.175. The summed E-state index contributed by atoms with van der Waals surface area (Å²) < 4.78 is 14.2. The second-order valence-corrected chi connectivity index (χ2v) is 5.34. The summed E-state index contributed by atoms with van der Waals surface area (Å²) in [5, 5.41) is 10.1. The Morgan fingerprint density at radius 3 is 2.53 bits per heavy atom. The fourth-order valence-corrected chi connectivity index (χ4v) is 1.59. The molecule has 1 aromatic carbocycles. The molecule has 0 amide bonds. The summed E-state index contributed by atoms with van der Waals surface area (Å²) in [7, 11) is 0. The topological polar surface area (TPSA) is 20.2 Å². The molecule has 0 heterocycles. The van der Waals surface area contributed by atoms with Gasteiger partial charge in [-0.15, -0.1) is 0 Å². The average Bonchev–Trinajstić information content (AvgIpc) is 2.09. The average molecular weight is 275 g/mol. The van der Waals surface area contributed by atoms with Crippen molar-refractivity contribution in [3.8, 4) is 0 Å². The van der Waals surface area contributed by atoms with E-state index < -0.39 is 5.60 Å². The molecule has 0 saturated heterocycles. The maximum Gasteiger partial charge on any atom is 0.127 e. The van der Waals surface area contributed by atoms with Gasteiger partial charge in [-0.3, -0.25) is 0 Å². The Morgan fingerprint density at radius 2 is 2.07 bits per heavy atom. The Labute approximate surface area is 98.4 Å². The zero-order valence-electron chi connectivity index (χ0n) is 9.22. The summed E-state index contributed by atoms with van der Waals surface area (Å²) in [4.78, 5) is 0. The van der Waals surface area contributed by atoms with Gasteiger partial charge in [-0.1, -0.05) is 35.8 Å². The van der Waals surface area contributed by atoms with Gasteiger partial charge in [0.15, 0.2) is 0 Å². The van der Waals surface area contributed by atoms with Gasteiger partial charge in [0.05, 0.1) is 5.60 Å². The van der Waals surface area contributed by atoms with Gasteiger partial charge in [0, 0.05) is 10.9 Å². The molecular weight excluding hydrogens is 259 g/mol. The van der Waals surface area contributed by atoms with Gasteiger partial charge in [-0.2, -0.15) is 0 Å². The van der Waals surface area contributed by atoms with Crippen molar-refractivity contribution in [1.82, 2.24) is 0 Å². The molecule has 1 rings (SSSR count). The number of rotatable bonds is 3. The SMILES string of the molecule is CC(C)C(C)(O)Cc1ccc(Br)cc1F. The third-order valence-corrected chi connectivity index (χ3v) is 3.30. The van der Waals surface area contributed by atoms with Crippen molar-refractivity contribution in [2.45, 2.75) is 32.8 Å². The van der Waals surface area contributed by atoms with Crippen LogP contribution in [0.2, 0.25) is 0 Å². The molecule has 1 nitrogen and oxygen atoms in total. The monoisotopic (exact) mass is 274 g/mol. The highest BCUT2D eigenvalue weighted by atomic mass is 79.9. The highest BCUT2D eigenvalue weighted by Gasteiger charge is 2.26. The molecule has 1 N–H and O–H groups in total. The van der Waals surface area contributed by atoms with E-state index in [2.05, 4.69) is 15.9 Å². The molecular formula is C12H16BrFO. The molecule has 0 saturated carbocycles. The van der Waals surface area contributed by atoms with Crippen LogP contribution in [0.3, 0.4) is 0 Å². The zero-order valence-corrected chi connectivity index (χ0v) is 10.8. The van der Waals surface area contributed by atoms with E-state index in [-0.39, 0.29) is 11.7 Å². The number of hydrogen-bond donors (Lipinski definition) is 1. The van der Waals surface area contributed by atoms with E-state index in [1.807, 2.05) is 13.8 Å². The Kier molecular flexibility index (Phi) is 3.90. The minimum atomic E-state index is -0.866. The highest BCUT2D eigenvalue weighted by molar-refractivity contribution is 9.10. The lowest BCUT2D eigenvalue weighted by molar-refractivity contribution is 0.0132. The smallest absolute Gasteiger partial charge is 0.127 e. The van der Waals surface area contributed by atoms with Crippen LogP contribution in [0.15, 0.2) is 22.7 Å². The Balaban J connectivity index is 2.90. The van der Waals surface area contributed by atoms with Crippen molar-refractivity contribution in [3.63, 3.8) is 0 Å². The van der Waals surface area contributed by atoms with Crippen molar-refractivity contribution >= 4 is 15.9 Å². The van der Waals surface area contributed by atoms with E-state index in [0.717, 1.165) is 0 Å². The molecule has 0 aliphatic rings. The lowest BCUT2D eigenvalue weighted by Gasteiger charge is -2.27. The molecule has 0 aromatic heterocycles.